The number of fused-ring (bicyclic) bond motifs is 1. The first-order valence-electron chi connectivity index (χ1n) is 9.01. The van der Waals surface area contributed by atoms with Gasteiger partial charge in [-0.2, -0.15) is 0 Å². The van der Waals surface area contributed by atoms with Crippen LogP contribution in [0.15, 0.2) is 29.4 Å². The zero-order valence-corrected chi connectivity index (χ0v) is 18.1. The zero-order valence-electron chi connectivity index (χ0n) is 15.7. The number of nitrogens with one attached hydrogen (secondary N) is 3. The van der Waals surface area contributed by atoms with Crippen molar-refractivity contribution in [2.75, 3.05) is 19.6 Å². The summed E-state index contributed by atoms with van der Waals surface area (Å²) in [5, 5.41) is 17.9. The fourth-order valence-electron chi connectivity index (χ4n) is 2.72. The van der Waals surface area contributed by atoms with Crippen molar-refractivity contribution in [1.82, 2.24) is 15.6 Å². The number of hydrogen-bond donors (Lipinski definition) is 4. The lowest BCUT2D eigenvalue weighted by molar-refractivity contribution is 0.0418. The average Bonchev–Trinajstić information content (AvgIpc) is 3.01. The number of H-pyrrole nitrogens is 1. The summed E-state index contributed by atoms with van der Waals surface area (Å²) in [6.45, 7) is 7.79. The molecule has 0 aliphatic heterocycles. The van der Waals surface area contributed by atoms with Crippen LogP contribution in [0, 0.1) is 5.82 Å². The second kappa shape index (κ2) is 10.7. The highest BCUT2D eigenvalue weighted by Gasteiger charge is 2.21. The minimum absolute atomic E-state index is 0. The summed E-state index contributed by atoms with van der Waals surface area (Å²) in [4.78, 5) is 7.61. The Morgan fingerprint density at radius 3 is 2.62 bits per heavy atom. The van der Waals surface area contributed by atoms with Crippen LogP contribution >= 0.6 is 24.0 Å². The molecule has 0 aliphatic carbocycles. The highest BCUT2D eigenvalue weighted by Crippen LogP contribution is 2.19. The van der Waals surface area contributed by atoms with E-state index in [1.54, 1.807) is 6.07 Å². The van der Waals surface area contributed by atoms with Crippen LogP contribution in [0.4, 0.5) is 4.39 Å². The average molecular weight is 476 g/mol. The van der Waals surface area contributed by atoms with E-state index >= 15 is 0 Å². The van der Waals surface area contributed by atoms with E-state index in [0.717, 1.165) is 29.4 Å². The molecule has 146 valence electrons. The number of halogens is 2. The molecule has 0 unspecified atom stereocenters. The SMILES string of the molecule is CCNC(=NCC(O)(CC)CC)NCCc1c[nH]c2cc(F)ccc12.I. The highest BCUT2D eigenvalue weighted by atomic mass is 127. The molecule has 0 spiro atoms. The minimum Gasteiger partial charge on any atom is -0.388 e. The summed E-state index contributed by atoms with van der Waals surface area (Å²) < 4.78 is 13.3. The summed E-state index contributed by atoms with van der Waals surface area (Å²) in [6, 6.07) is 4.79. The fraction of sp³-hybridized carbons (Fsp3) is 0.526. The summed E-state index contributed by atoms with van der Waals surface area (Å²) in [5.41, 5.74) is 1.20. The standard InChI is InChI=1S/C19H29FN4O.HI/c1-4-19(25,5-2)13-24-18(21-6-3)22-10-9-14-12-23-17-11-15(20)7-8-16(14)17;/h7-8,11-12,23,25H,4-6,9-10,13H2,1-3H3,(H2,21,22,24);1H. The third kappa shape index (κ3) is 6.12. The number of aromatic nitrogens is 1. The Balaban J connectivity index is 0.00000338. The van der Waals surface area contributed by atoms with E-state index in [1.807, 2.05) is 27.0 Å². The predicted molar refractivity (Wildman–Crippen MR) is 117 cm³/mol. The van der Waals surface area contributed by atoms with Gasteiger partial charge in [0.1, 0.15) is 5.82 Å². The third-order valence-electron chi connectivity index (χ3n) is 4.61. The minimum atomic E-state index is -0.747. The van der Waals surface area contributed by atoms with Gasteiger partial charge in [0.15, 0.2) is 5.96 Å². The molecule has 1 aromatic carbocycles. The van der Waals surface area contributed by atoms with Gasteiger partial charge in [-0.25, -0.2) is 4.39 Å². The summed E-state index contributed by atoms with van der Waals surface area (Å²) in [6.07, 6.45) is 4.07. The van der Waals surface area contributed by atoms with E-state index in [0.29, 0.717) is 31.9 Å². The number of rotatable bonds is 8. The van der Waals surface area contributed by atoms with Crippen molar-refractivity contribution in [3.05, 3.63) is 35.8 Å². The second-order valence-electron chi connectivity index (χ2n) is 6.31. The monoisotopic (exact) mass is 476 g/mol. The van der Waals surface area contributed by atoms with Gasteiger partial charge in [-0.1, -0.05) is 13.8 Å². The van der Waals surface area contributed by atoms with Crippen LogP contribution in [0.1, 0.15) is 39.2 Å². The largest absolute Gasteiger partial charge is 0.388 e. The maximum atomic E-state index is 13.3. The van der Waals surface area contributed by atoms with Gasteiger partial charge in [0.25, 0.3) is 0 Å². The third-order valence-corrected chi connectivity index (χ3v) is 4.61. The summed E-state index contributed by atoms with van der Waals surface area (Å²) in [7, 11) is 0. The molecular formula is C19H30FIN4O. The highest BCUT2D eigenvalue weighted by molar-refractivity contribution is 14.0. The Hall–Kier alpha value is -1.35. The molecule has 2 aromatic rings. The first kappa shape index (κ1) is 22.7. The van der Waals surface area contributed by atoms with E-state index < -0.39 is 5.60 Å². The number of benzene rings is 1. The lowest BCUT2D eigenvalue weighted by atomic mass is 9.98. The van der Waals surface area contributed by atoms with E-state index in [9.17, 15) is 9.50 Å². The maximum absolute atomic E-state index is 13.3. The molecule has 2 rings (SSSR count). The van der Waals surface area contributed by atoms with Crippen molar-refractivity contribution in [3.8, 4) is 0 Å². The van der Waals surface area contributed by atoms with Gasteiger partial charge in [0, 0.05) is 30.2 Å². The molecule has 0 amide bonds. The topological polar surface area (TPSA) is 72.4 Å². The van der Waals surface area contributed by atoms with Crippen molar-refractivity contribution in [2.24, 2.45) is 4.99 Å². The Labute approximate surface area is 171 Å². The smallest absolute Gasteiger partial charge is 0.191 e. The van der Waals surface area contributed by atoms with Crippen LogP contribution < -0.4 is 10.6 Å². The number of aliphatic imine (C=N–C) groups is 1. The van der Waals surface area contributed by atoms with Gasteiger partial charge < -0.3 is 20.7 Å². The number of aromatic amines is 1. The van der Waals surface area contributed by atoms with Crippen molar-refractivity contribution in [2.45, 2.75) is 45.6 Å². The summed E-state index contributed by atoms with van der Waals surface area (Å²) >= 11 is 0. The molecule has 1 heterocycles. The van der Waals surface area contributed by atoms with E-state index in [4.69, 9.17) is 0 Å². The van der Waals surface area contributed by atoms with E-state index in [2.05, 4.69) is 20.6 Å². The summed E-state index contributed by atoms with van der Waals surface area (Å²) in [5.74, 6) is 0.466. The van der Waals surface area contributed by atoms with E-state index in [-0.39, 0.29) is 29.8 Å². The van der Waals surface area contributed by atoms with Crippen LogP contribution in [-0.2, 0) is 6.42 Å². The Morgan fingerprint density at radius 1 is 1.23 bits per heavy atom. The second-order valence-corrected chi connectivity index (χ2v) is 6.31. The molecular weight excluding hydrogens is 446 g/mol. The molecule has 0 bridgehead atoms. The molecule has 0 fully saturated rings. The molecule has 0 aliphatic rings. The van der Waals surface area contributed by atoms with Crippen LogP contribution in [0.5, 0.6) is 0 Å². The molecule has 0 saturated carbocycles. The van der Waals surface area contributed by atoms with Gasteiger partial charge in [-0.05, 0) is 49.9 Å². The quantitative estimate of drug-likeness (QED) is 0.268. The fourth-order valence-corrected chi connectivity index (χ4v) is 2.72. The normalized spacial score (nSPS) is 12.1. The van der Waals surface area contributed by atoms with Crippen LogP contribution in [-0.4, -0.2) is 41.3 Å². The number of nitrogens with zero attached hydrogens (tertiary/aromatic N) is 1. The number of aliphatic hydroxyl groups is 1. The molecule has 4 N–H and O–H groups in total. The molecule has 0 radical (unpaired) electrons. The van der Waals surface area contributed by atoms with Gasteiger partial charge in [0.2, 0.25) is 0 Å². The predicted octanol–water partition coefficient (Wildman–Crippen LogP) is 3.57. The van der Waals surface area contributed by atoms with Gasteiger partial charge in [-0.15, -0.1) is 24.0 Å². The molecule has 26 heavy (non-hydrogen) atoms. The number of hydrogen-bond acceptors (Lipinski definition) is 2. The lowest BCUT2D eigenvalue weighted by Gasteiger charge is -2.23. The van der Waals surface area contributed by atoms with Crippen LogP contribution in [0.3, 0.4) is 0 Å². The zero-order chi connectivity index (χ0) is 18.3. The molecule has 1 aromatic heterocycles. The van der Waals surface area contributed by atoms with Crippen molar-refractivity contribution in [3.63, 3.8) is 0 Å². The van der Waals surface area contributed by atoms with Gasteiger partial charge >= 0.3 is 0 Å². The Morgan fingerprint density at radius 2 is 1.96 bits per heavy atom. The molecule has 0 atom stereocenters. The van der Waals surface area contributed by atoms with Crippen molar-refractivity contribution >= 4 is 40.8 Å². The lowest BCUT2D eigenvalue weighted by Crippen LogP contribution is -2.40. The Bertz CT molecular complexity index is 713. The molecule has 5 nitrogen and oxygen atoms in total. The Kier molecular flexibility index (Phi) is 9.35. The van der Waals surface area contributed by atoms with Crippen LogP contribution in [0.2, 0.25) is 0 Å². The molecule has 7 heteroatoms. The van der Waals surface area contributed by atoms with Gasteiger partial charge in [0.05, 0.1) is 12.1 Å². The van der Waals surface area contributed by atoms with Crippen molar-refractivity contribution in [1.29, 1.82) is 0 Å². The van der Waals surface area contributed by atoms with E-state index in [1.165, 1.54) is 12.1 Å². The molecule has 0 saturated heterocycles. The maximum Gasteiger partial charge on any atom is 0.191 e. The van der Waals surface area contributed by atoms with Crippen LogP contribution in [0.25, 0.3) is 10.9 Å². The first-order valence-corrected chi connectivity index (χ1v) is 9.01. The number of guanidine groups is 1. The first-order chi connectivity index (χ1) is 12.0. The van der Waals surface area contributed by atoms with Gasteiger partial charge in [-0.3, -0.25) is 4.99 Å². The van der Waals surface area contributed by atoms with Crippen molar-refractivity contribution < 1.29 is 9.50 Å².